The molecule has 0 aliphatic rings. The minimum Gasteiger partial charge on any atom is -0.347 e. The van der Waals surface area contributed by atoms with Gasteiger partial charge in [-0.2, -0.15) is 0 Å². The molecule has 2 aromatic rings. The summed E-state index contributed by atoms with van der Waals surface area (Å²) < 4.78 is 14.2. The Kier molecular flexibility index (Phi) is 3.76. The molecule has 1 N–H and O–H groups in total. The van der Waals surface area contributed by atoms with Crippen molar-refractivity contribution in [3.05, 3.63) is 52.3 Å². The number of rotatable bonds is 3. The Balaban J connectivity index is 2.17. The number of halogens is 2. The lowest BCUT2D eigenvalue weighted by Gasteiger charge is -2.16. The van der Waals surface area contributed by atoms with Crippen LogP contribution in [0.4, 0.5) is 4.39 Å². The lowest BCUT2D eigenvalue weighted by Crippen LogP contribution is -2.27. The van der Waals surface area contributed by atoms with Crippen LogP contribution in [0.3, 0.4) is 0 Å². The highest BCUT2D eigenvalue weighted by atomic mass is 79.9. The van der Waals surface area contributed by atoms with Crippen molar-refractivity contribution in [1.29, 1.82) is 0 Å². The summed E-state index contributed by atoms with van der Waals surface area (Å²) in [6, 6.07) is 4.28. The lowest BCUT2D eigenvalue weighted by molar-refractivity contribution is 0.0777. The zero-order chi connectivity index (χ0) is 13.1. The number of benzene rings is 1. The van der Waals surface area contributed by atoms with Crippen LogP contribution >= 0.6 is 15.9 Å². The number of imidazole rings is 1. The van der Waals surface area contributed by atoms with Gasteiger partial charge in [0.1, 0.15) is 11.6 Å². The maximum Gasteiger partial charge on any atom is 0.257 e. The van der Waals surface area contributed by atoms with E-state index in [2.05, 4.69) is 25.9 Å². The number of H-pyrrole nitrogens is 1. The highest BCUT2D eigenvalue weighted by molar-refractivity contribution is 9.10. The third kappa shape index (κ3) is 2.76. The van der Waals surface area contributed by atoms with E-state index >= 15 is 0 Å². The smallest absolute Gasteiger partial charge is 0.257 e. The third-order valence-corrected chi connectivity index (χ3v) is 2.94. The first kappa shape index (κ1) is 12.8. The zero-order valence-electron chi connectivity index (χ0n) is 9.65. The van der Waals surface area contributed by atoms with Crippen LogP contribution in [0.5, 0.6) is 0 Å². The lowest BCUT2D eigenvalue weighted by atomic mass is 10.2. The summed E-state index contributed by atoms with van der Waals surface area (Å²) in [6.07, 6.45) is 3.28. The molecule has 0 atom stereocenters. The summed E-state index contributed by atoms with van der Waals surface area (Å²) >= 11 is 3.22. The second-order valence-corrected chi connectivity index (χ2v) is 4.74. The van der Waals surface area contributed by atoms with Crippen LogP contribution in [0.25, 0.3) is 0 Å². The summed E-state index contributed by atoms with van der Waals surface area (Å²) in [5.74, 6) is -0.263. The number of aromatic amines is 1. The average molecular weight is 312 g/mol. The molecule has 0 unspecified atom stereocenters. The van der Waals surface area contributed by atoms with Gasteiger partial charge < -0.3 is 9.88 Å². The fraction of sp³-hybridized carbons (Fsp3) is 0.167. The predicted octanol–water partition coefficient (Wildman–Crippen LogP) is 2.58. The molecule has 1 heterocycles. The Morgan fingerprint density at radius 3 is 3.00 bits per heavy atom. The molecule has 18 heavy (non-hydrogen) atoms. The number of carbonyl (C=O) groups is 1. The Labute approximate surface area is 112 Å². The molecule has 0 aliphatic carbocycles. The van der Waals surface area contributed by atoms with Gasteiger partial charge >= 0.3 is 0 Å². The Morgan fingerprint density at radius 1 is 1.56 bits per heavy atom. The van der Waals surface area contributed by atoms with Crippen LogP contribution in [-0.2, 0) is 6.54 Å². The standard InChI is InChI=1S/C12H11BrFN3O/c1-17(7-11-15-4-5-16-11)12(18)9-6-8(13)2-3-10(9)14/h2-6H,7H2,1H3,(H,15,16). The first-order valence-electron chi connectivity index (χ1n) is 5.26. The van der Waals surface area contributed by atoms with E-state index in [0.717, 1.165) is 0 Å². The third-order valence-electron chi connectivity index (χ3n) is 2.45. The number of carbonyl (C=O) groups excluding carboxylic acids is 1. The largest absolute Gasteiger partial charge is 0.347 e. The number of nitrogens with zero attached hydrogens (tertiary/aromatic N) is 2. The van der Waals surface area contributed by atoms with Crippen LogP contribution < -0.4 is 0 Å². The topological polar surface area (TPSA) is 49.0 Å². The van der Waals surface area contributed by atoms with Crippen molar-refractivity contribution in [3.8, 4) is 0 Å². The van der Waals surface area contributed by atoms with Crippen LogP contribution in [0.15, 0.2) is 35.1 Å². The number of hydrogen-bond acceptors (Lipinski definition) is 2. The molecule has 1 aromatic heterocycles. The molecule has 0 saturated carbocycles. The van der Waals surface area contributed by atoms with Gasteiger partial charge in [0.2, 0.25) is 0 Å². The fourth-order valence-electron chi connectivity index (χ4n) is 1.55. The Hall–Kier alpha value is -1.69. The fourth-order valence-corrected chi connectivity index (χ4v) is 1.91. The van der Waals surface area contributed by atoms with Crippen LogP contribution in [0.1, 0.15) is 16.2 Å². The van der Waals surface area contributed by atoms with Gasteiger partial charge in [0.25, 0.3) is 5.91 Å². The Morgan fingerprint density at radius 2 is 2.33 bits per heavy atom. The van der Waals surface area contributed by atoms with E-state index in [0.29, 0.717) is 16.8 Å². The van der Waals surface area contributed by atoms with Gasteiger partial charge in [-0.15, -0.1) is 0 Å². The minimum absolute atomic E-state index is 0.0402. The molecule has 0 aliphatic heterocycles. The van der Waals surface area contributed by atoms with Gasteiger partial charge in [0.05, 0.1) is 12.1 Å². The van der Waals surface area contributed by atoms with Crippen molar-refractivity contribution >= 4 is 21.8 Å². The summed E-state index contributed by atoms with van der Waals surface area (Å²) in [4.78, 5) is 20.4. The van der Waals surface area contributed by atoms with Crippen molar-refractivity contribution < 1.29 is 9.18 Å². The first-order chi connectivity index (χ1) is 8.58. The maximum absolute atomic E-state index is 13.6. The molecule has 2 rings (SSSR count). The average Bonchev–Trinajstić information content (AvgIpc) is 2.84. The second-order valence-electron chi connectivity index (χ2n) is 3.82. The van der Waals surface area contributed by atoms with Gasteiger partial charge in [0, 0.05) is 23.9 Å². The SMILES string of the molecule is CN(Cc1ncc[nH]1)C(=O)c1cc(Br)ccc1F. The van der Waals surface area contributed by atoms with Crippen molar-refractivity contribution in [2.45, 2.75) is 6.54 Å². The van der Waals surface area contributed by atoms with E-state index in [1.165, 1.54) is 17.0 Å². The van der Waals surface area contributed by atoms with Crippen LogP contribution in [0, 0.1) is 5.82 Å². The van der Waals surface area contributed by atoms with Gasteiger partial charge in [0.15, 0.2) is 0 Å². The molecule has 0 spiro atoms. The summed E-state index contributed by atoms with van der Waals surface area (Å²) in [6.45, 7) is 0.303. The molecule has 4 nitrogen and oxygen atoms in total. The van der Waals surface area contributed by atoms with Gasteiger partial charge in [-0.3, -0.25) is 4.79 Å². The van der Waals surface area contributed by atoms with Gasteiger partial charge in [-0.25, -0.2) is 9.37 Å². The van der Waals surface area contributed by atoms with Gasteiger partial charge in [-0.1, -0.05) is 15.9 Å². The monoisotopic (exact) mass is 311 g/mol. The van der Waals surface area contributed by atoms with E-state index in [9.17, 15) is 9.18 Å². The molecule has 0 bridgehead atoms. The van der Waals surface area contributed by atoms with Gasteiger partial charge in [-0.05, 0) is 18.2 Å². The number of nitrogens with one attached hydrogen (secondary N) is 1. The number of hydrogen-bond donors (Lipinski definition) is 1. The summed E-state index contributed by atoms with van der Waals surface area (Å²) in [7, 11) is 1.60. The maximum atomic E-state index is 13.6. The molecular formula is C12H11BrFN3O. The molecule has 0 fully saturated rings. The quantitative estimate of drug-likeness (QED) is 0.947. The van der Waals surface area contributed by atoms with E-state index in [1.807, 2.05) is 0 Å². The predicted molar refractivity (Wildman–Crippen MR) is 68.5 cm³/mol. The van der Waals surface area contributed by atoms with E-state index in [-0.39, 0.29) is 11.5 Å². The molecule has 1 amide bonds. The van der Waals surface area contributed by atoms with Crippen molar-refractivity contribution in [2.75, 3.05) is 7.05 Å². The molecule has 6 heteroatoms. The highest BCUT2D eigenvalue weighted by Crippen LogP contribution is 2.17. The molecule has 94 valence electrons. The normalized spacial score (nSPS) is 10.4. The summed E-state index contributed by atoms with van der Waals surface area (Å²) in [5.41, 5.74) is 0.0402. The van der Waals surface area contributed by atoms with Crippen molar-refractivity contribution in [3.63, 3.8) is 0 Å². The molecule has 1 aromatic carbocycles. The molecule has 0 radical (unpaired) electrons. The van der Waals surface area contributed by atoms with E-state index in [4.69, 9.17) is 0 Å². The summed E-state index contributed by atoms with van der Waals surface area (Å²) in [5, 5.41) is 0. The van der Waals surface area contributed by atoms with E-state index in [1.54, 1.807) is 25.5 Å². The molecule has 0 saturated heterocycles. The highest BCUT2D eigenvalue weighted by Gasteiger charge is 2.17. The minimum atomic E-state index is -0.533. The molecular weight excluding hydrogens is 301 g/mol. The second kappa shape index (κ2) is 5.30. The van der Waals surface area contributed by atoms with E-state index < -0.39 is 5.82 Å². The van der Waals surface area contributed by atoms with Crippen molar-refractivity contribution in [2.24, 2.45) is 0 Å². The van der Waals surface area contributed by atoms with Crippen molar-refractivity contribution in [1.82, 2.24) is 14.9 Å². The van der Waals surface area contributed by atoms with Crippen LogP contribution in [0.2, 0.25) is 0 Å². The zero-order valence-corrected chi connectivity index (χ0v) is 11.2. The Bertz CT molecular complexity index is 556. The number of amides is 1. The first-order valence-corrected chi connectivity index (χ1v) is 6.06. The van der Waals surface area contributed by atoms with Crippen LogP contribution in [-0.4, -0.2) is 27.8 Å². The number of aromatic nitrogens is 2.